The number of aryl methyl sites for hydroxylation is 2. The molecule has 0 atom stereocenters. The van der Waals surface area contributed by atoms with Crippen molar-refractivity contribution in [2.75, 3.05) is 19.0 Å². The summed E-state index contributed by atoms with van der Waals surface area (Å²) in [6.45, 7) is 4.03. The smallest absolute Gasteiger partial charge is 0.103 e. The fourth-order valence-electron chi connectivity index (χ4n) is 1.81. The van der Waals surface area contributed by atoms with Crippen LogP contribution in [0.1, 0.15) is 11.5 Å². The van der Waals surface area contributed by atoms with Crippen molar-refractivity contribution >= 4 is 5.69 Å². The first-order valence-electron chi connectivity index (χ1n) is 5.39. The van der Waals surface area contributed by atoms with Gasteiger partial charge in [-0.3, -0.25) is 0 Å². The first-order chi connectivity index (χ1) is 7.58. The molecule has 0 aliphatic carbocycles. The largest absolute Gasteiger partial charge is 0.378 e. The molecule has 3 heteroatoms. The van der Waals surface area contributed by atoms with E-state index < -0.39 is 0 Å². The Hall–Kier alpha value is -1.77. The van der Waals surface area contributed by atoms with Crippen molar-refractivity contribution in [1.29, 1.82) is 0 Å². The summed E-state index contributed by atoms with van der Waals surface area (Å²) in [5.74, 6) is 0.962. The molecular weight excluding hydrogens is 198 g/mol. The van der Waals surface area contributed by atoms with E-state index in [0.717, 1.165) is 22.8 Å². The highest BCUT2D eigenvalue weighted by atomic mass is 15.1. The van der Waals surface area contributed by atoms with Gasteiger partial charge in [-0.2, -0.15) is 0 Å². The van der Waals surface area contributed by atoms with Crippen LogP contribution < -0.4 is 4.90 Å². The SMILES string of the molecule is Cc1nc(-c2ccc(N(C)C)cc2)c(C)[nH]1. The van der Waals surface area contributed by atoms with Crippen LogP contribution in [0.5, 0.6) is 0 Å². The van der Waals surface area contributed by atoms with Gasteiger partial charge in [0.05, 0.1) is 5.69 Å². The molecule has 0 amide bonds. The molecule has 0 spiro atoms. The molecule has 0 unspecified atom stereocenters. The van der Waals surface area contributed by atoms with E-state index in [9.17, 15) is 0 Å². The van der Waals surface area contributed by atoms with Crippen LogP contribution in [0.25, 0.3) is 11.3 Å². The third-order valence-electron chi connectivity index (χ3n) is 2.66. The number of rotatable bonds is 2. The van der Waals surface area contributed by atoms with Crippen molar-refractivity contribution in [3.8, 4) is 11.3 Å². The van der Waals surface area contributed by atoms with Crippen molar-refractivity contribution in [3.63, 3.8) is 0 Å². The first-order valence-corrected chi connectivity index (χ1v) is 5.39. The Morgan fingerprint density at radius 2 is 1.69 bits per heavy atom. The van der Waals surface area contributed by atoms with Crippen molar-refractivity contribution in [3.05, 3.63) is 35.8 Å². The van der Waals surface area contributed by atoms with E-state index >= 15 is 0 Å². The molecule has 1 heterocycles. The van der Waals surface area contributed by atoms with Gasteiger partial charge < -0.3 is 9.88 Å². The third-order valence-corrected chi connectivity index (χ3v) is 2.66. The summed E-state index contributed by atoms with van der Waals surface area (Å²) in [4.78, 5) is 9.80. The molecule has 0 fully saturated rings. The van der Waals surface area contributed by atoms with Crippen molar-refractivity contribution in [2.24, 2.45) is 0 Å². The van der Waals surface area contributed by atoms with Crippen molar-refractivity contribution in [1.82, 2.24) is 9.97 Å². The molecule has 2 aromatic rings. The number of hydrogen-bond acceptors (Lipinski definition) is 2. The van der Waals surface area contributed by atoms with E-state index in [-0.39, 0.29) is 0 Å². The minimum Gasteiger partial charge on any atom is -0.378 e. The molecule has 84 valence electrons. The van der Waals surface area contributed by atoms with Crippen LogP contribution in [0.15, 0.2) is 24.3 Å². The van der Waals surface area contributed by atoms with Gasteiger partial charge in [-0.15, -0.1) is 0 Å². The van der Waals surface area contributed by atoms with Crippen LogP contribution in [-0.4, -0.2) is 24.1 Å². The molecule has 0 aliphatic heterocycles. The van der Waals surface area contributed by atoms with E-state index in [1.807, 2.05) is 21.0 Å². The highest BCUT2D eigenvalue weighted by molar-refractivity contribution is 5.65. The van der Waals surface area contributed by atoms with Gasteiger partial charge in [0.2, 0.25) is 0 Å². The highest BCUT2D eigenvalue weighted by Crippen LogP contribution is 2.23. The summed E-state index contributed by atoms with van der Waals surface area (Å²) >= 11 is 0. The Labute approximate surface area is 96.1 Å². The maximum atomic E-state index is 4.49. The Kier molecular flexibility index (Phi) is 2.69. The molecule has 0 saturated carbocycles. The maximum absolute atomic E-state index is 4.49. The van der Waals surface area contributed by atoms with Gasteiger partial charge in [0, 0.05) is 31.0 Å². The van der Waals surface area contributed by atoms with Crippen LogP contribution in [-0.2, 0) is 0 Å². The second-order valence-corrected chi connectivity index (χ2v) is 4.24. The Bertz CT molecular complexity index is 480. The number of anilines is 1. The number of hydrogen-bond donors (Lipinski definition) is 1. The van der Waals surface area contributed by atoms with Gasteiger partial charge in [0.15, 0.2) is 0 Å². The van der Waals surface area contributed by atoms with Gasteiger partial charge in [-0.05, 0) is 26.0 Å². The lowest BCUT2D eigenvalue weighted by Crippen LogP contribution is -2.07. The number of nitrogens with one attached hydrogen (secondary N) is 1. The average molecular weight is 215 g/mol. The zero-order valence-corrected chi connectivity index (χ0v) is 10.2. The Balaban J connectivity index is 2.38. The maximum Gasteiger partial charge on any atom is 0.103 e. The topological polar surface area (TPSA) is 31.9 Å². The normalized spacial score (nSPS) is 10.5. The van der Waals surface area contributed by atoms with E-state index in [1.165, 1.54) is 5.69 Å². The third kappa shape index (κ3) is 1.94. The van der Waals surface area contributed by atoms with Crippen LogP contribution in [0.3, 0.4) is 0 Å². The fourth-order valence-corrected chi connectivity index (χ4v) is 1.81. The van der Waals surface area contributed by atoms with Gasteiger partial charge in [-0.25, -0.2) is 4.98 Å². The lowest BCUT2D eigenvalue weighted by atomic mass is 10.1. The van der Waals surface area contributed by atoms with Gasteiger partial charge in [0.25, 0.3) is 0 Å². The van der Waals surface area contributed by atoms with E-state index in [4.69, 9.17) is 0 Å². The number of benzene rings is 1. The van der Waals surface area contributed by atoms with E-state index in [2.05, 4.69) is 46.1 Å². The predicted molar refractivity (Wildman–Crippen MR) is 67.8 cm³/mol. The summed E-state index contributed by atoms with van der Waals surface area (Å²) in [6, 6.07) is 8.44. The van der Waals surface area contributed by atoms with Gasteiger partial charge >= 0.3 is 0 Å². The molecule has 0 aliphatic rings. The quantitative estimate of drug-likeness (QED) is 0.835. The molecule has 0 radical (unpaired) electrons. The van der Waals surface area contributed by atoms with Crippen LogP contribution in [0.2, 0.25) is 0 Å². The fraction of sp³-hybridized carbons (Fsp3) is 0.308. The predicted octanol–water partition coefficient (Wildman–Crippen LogP) is 2.76. The molecule has 3 nitrogen and oxygen atoms in total. The molecule has 1 N–H and O–H groups in total. The molecule has 2 rings (SSSR count). The van der Waals surface area contributed by atoms with Crippen molar-refractivity contribution in [2.45, 2.75) is 13.8 Å². The number of aromatic nitrogens is 2. The molecule has 0 bridgehead atoms. The molecule has 0 saturated heterocycles. The minimum atomic E-state index is 0.962. The Morgan fingerprint density at radius 3 is 2.12 bits per heavy atom. The zero-order valence-electron chi connectivity index (χ0n) is 10.2. The number of H-pyrrole nitrogens is 1. The van der Waals surface area contributed by atoms with Crippen molar-refractivity contribution < 1.29 is 0 Å². The second kappa shape index (κ2) is 4.00. The van der Waals surface area contributed by atoms with Gasteiger partial charge in [0.1, 0.15) is 5.82 Å². The summed E-state index contributed by atoms with van der Waals surface area (Å²) < 4.78 is 0. The highest BCUT2D eigenvalue weighted by Gasteiger charge is 2.06. The molecule has 1 aromatic heterocycles. The first kappa shape index (κ1) is 10.7. The van der Waals surface area contributed by atoms with Crippen LogP contribution in [0.4, 0.5) is 5.69 Å². The summed E-state index contributed by atoms with van der Waals surface area (Å²) in [6.07, 6.45) is 0. The van der Waals surface area contributed by atoms with Crippen LogP contribution in [0, 0.1) is 13.8 Å². The van der Waals surface area contributed by atoms with Gasteiger partial charge in [-0.1, -0.05) is 12.1 Å². The lowest BCUT2D eigenvalue weighted by Gasteiger charge is -2.12. The Morgan fingerprint density at radius 1 is 1.06 bits per heavy atom. The second-order valence-electron chi connectivity index (χ2n) is 4.24. The monoisotopic (exact) mass is 215 g/mol. The van der Waals surface area contributed by atoms with E-state index in [0.29, 0.717) is 0 Å². The molecule has 16 heavy (non-hydrogen) atoms. The number of aromatic amines is 1. The standard InChI is InChI=1S/C13H17N3/c1-9-13(15-10(2)14-9)11-5-7-12(8-6-11)16(3)4/h5-8H,1-4H3,(H,14,15). The summed E-state index contributed by atoms with van der Waals surface area (Å²) in [5.41, 5.74) is 4.53. The molecule has 1 aromatic carbocycles. The average Bonchev–Trinajstić information content (AvgIpc) is 2.58. The number of nitrogens with zero attached hydrogens (tertiary/aromatic N) is 2. The lowest BCUT2D eigenvalue weighted by molar-refractivity contribution is 1.13. The van der Waals surface area contributed by atoms with E-state index in [1.54, 1.807) is 0 Å². The molecular formula is C13H17N3. The zero-order chi connectivity index (χ0) is 11.7. The minimum absolute atomic E-state index is 0.962. The number of imidazole rings is 1. The summed E-state index contributed by atoms with van der Waals surface area (Å²) in [5, 5.41) is 0. The van der Waals surface area contributed by atoms with Crippen LogP contribution >= 0.6 is 0 Å². The summed E-state index contributed by atoms with van der Waals surface area (Å²) in [7, 11) is 4.08.